The van der Waals surface area contributed by atoms with Gasteiger partial charge in [-0.3, -0.25) is 0 Å². The van der Waals surface area contributed by atoms with Crippen LogP contribution in [-0.2, 0) is 13.0 Å². The Balaban J connectivity index is 2.16. The molecule has 2 rings (SSSR count). The Hall–Kier alpha value is -1.70. The predicted octanol–water partition coefficient (Wildman–Crippen LogP) is 4.07. The zero-order valence-electron chi connectivity index (χ0n) is 10.7. The molecule has 0 saturated heterocycles. The lowest BCUT2D eigenvalue weighted by Gasteiger charge is -2.13. The van der Waals surface area contributed by atoms with E-state index in [0.717, 1.165) is 18.7 Å². The quantitative estimate of drug-likeness (QED) is 0.854. The van der Waals surface area contributed by atoms with Gasteiger partial charge in [-0.1, -0.05) is 25.1 Å². The largest absolute Gasteiger partial charge is 0.467 e. The molecule has 0 fully saturated rings. The number of rotatable bonds is 4. The van der Waals surface area contributed by atoms with E-state index in [2.05, 4.69) is 44.3 Å². The molecule has 2 nitrogen and oxygen atoms in total. The van der Waals surface area contributed by atoms with Crippen molar-refractivity contribution in [2.45, 2.75) is 33.7 Å². The van der Waals surface area contributed by atoms with E-state index < -0.39 is 0 Å². The molecule has 2 heteroatoms. The summed E-state index contributed by atoms with van der Waals surface area (Å²) in [6.45, 7) is 7.13. The Morgan fingerprint density at radius 2 is 1.94 bits per heavy atom. The van der Waals surface area contributed by atoms with Crippen LogP contribution in [-0.4, -0.2) is 0 Å². The molecule has 2 aromatic rings. The third-order valence-corrected chi connectivity index (χ3v) is 3.13. The maximum atomic E-state index is 5.44. The first-order valence-electron chi connectivity index (χ1n) is 6.07. The van der Waals surface area contributed by atoms with Gasteiger partial charge in [0.1, 0.15) is 5.76 Å². The maximum Gasteiger partial charge on any atom is 0.125 e. The molecule has 0 aliphatic carbocycles. The maximum absolute atomic E-state index is 5.44. The van der Waals surface area contributed by atoms with Crippen LogP contribution in [0.4, 0.5) is 5.69 Å². The number of hydrogen-bond donors (Lipinski definition) is 1. The molecule has 1 aromatic carbocycles. The van der Waals surface area contributed by atoms with Gasteiger partial charge in [0.2, 0.25) is 0 Å². The summed E-state index contributed by atoms with van der Waals surface area (Å²) in [6, 6.07) is 8.41. The highest BCUT2D eigenvalue weighted by atomic mass is 16.3. The number of hydrogen-bond acceptors (Lipinski definition) is 2. The van der Waals surface area contributed by atoms with Crippen molar-refractivity contribution in [3.05, 3.63) is 53.0 Å². The van der Waals surface area contributed by atoms with Crippen molar-refractivity contribution < 1.29 is 4.42 Å². The summed E-state index contributed by atoms with van der Waals surface area (Å²) in [4.78, 5) is 0. The van der Waals surface area contributed by atoms with Crippen LogP contribution in [0.3, 0.4) is 0 Å². The summed E-state index contributed by atoms with van der Waals surface area (Å²) in [5.74, 6) is 1.01. The summed E-state index contributed by atoms with van der Waals surface area (Å²) >= 11 is 0. The van der Waals surface area contributed by atoms with Gasteiger partial charge in [-0.25, -0.2) is 0 Å². The second kappa shape index (κ2) is 5.09. The highest BCUT2D eigenvalue weighted by molar-refractivity contribution is 5.57. The fraction of sp³-hybridized carbons (Fsp3) is 0.333. The number of para-hydroxylation sites is 1. The molecule has 0 saturated carbocycles. The van der Waals surface area contributed by atoms with Crippen molar-refractivity contribution in [2.75, 3.05) is 5.32 Å². The molecule has 90 valence electrons. The molecule has 17 heavy (non-hydrogen) atoms. The van der Waals surface area contributed by atoms with Gasteiger partial charge in [0, 0.05) is 5.69 Å². The number of benzene rings is 1. The Morgan fingerprint density at radius 1 is 1.12 bits per heavy atom. The average Bonchev–Trinajstić information content (AvgIpc) is 2.73. The van der Waals surface area contributed by atoms with Crippen molar-refractivity contribution in [2.24, 2.45) is 0 Å². The molecule has 0 aliphatic rings. The van der Waals surface area contributed by atoms with Crippen molar-refractivity contribution in [3.63, 3.8) is 0 Å². The van der Waals surface area contributed by atoms with Crippen LogP contribution in [0, 0.1) is 13.8 Å². The standard InChI is InChI=1S/C15H19NO/c1-4-13-7-5-6-12(3)15(13)16-10-14-11(2)8-9-17-14/h5-9,16H,4,10H2,1-3H3. The van der Waals surface area contributed by atoms with Crippen LogP contribution in [0.1, 0.15) is 29.4 Å². The third kappa shape index (κ3) is 2.52. The van der Waals surface area contributed by atoms with Crippen LogP contribution in [0.15, 0.2) is 34.9 Å². The topological polar surface area (TPSA) is 25.2 Å². The van der Waals surface area contributed by atoms with Crippen LogP contribution in [0.25, 0.3) is 0 Å². The first-order valence-corrected chi connectivity index (χ1v) is 6.07. The van der Waals surface area contributed by atoms with Crippen LogP contribution in [0.5, 0.6) is 0 Å². The second-order valence-corrected chi connectivity index (χ2v) is 4.34. The summed E-state index contributed by atoms with van der Waals surface area (Å²) in [7, 11) is 0. The Kier molecular flexibility index (Phi) is 3.52. The van der Waals surface area contributed by atoms with Crippen molar-refractivity contribution in [1.29, 1.82) is 0 Å². The Bertz CT molecular complexity index is 499. The minimum absolute atomic E-state index is 0.747. The Labute approximate surface area is 103 Å². The molecule has 1 heterocycles. The zero-order chi connectivity index (χ0) is 12.3. The molecular weight excluding hydrogens is 210 g/mol. The highest BCUT2D eigenvalue weighted by Crippen LogP contribution is 2.22. The van der Waals surface area contributed by atoms with Crippen molar-refractivity contribution in [1.82, 2.24) is 0 Å². The average molecular weight is 229 g/mol. The lowest BCUT2D eigenvalue weighted by atomic mass is 10.1. The van der Waals surface area contributed by atoms with Crippen LogP contribution in [0.2, 0.25) is 0 Å². The van der Waals surface area contributed by atoms with E-state index in [1.165, 1.54) is 22.4 Å². The van der Waals surface area contributed by atoms with Crippen LogP contribution >= 0.6 is 0 Å². The van der Waals surface area contributed by atoms with Gasteiger partial charge in [-0.15, -0.1) is 0 Å². The van der Waals surface area contributed by atoms with Gasteiger partial charge in [0.15, 0.2) is 0 Å². The third-order valence-electron chi connectivity index (χ3n) is 3.13. The number of anilines is 1. The molecular formula is C15H19NO. The van der Waals surface area contributed by atoms with Crippen molar-refractivity contribution in [3.8, 4) is 0 Å². The van der Waals surface area contributed by atoms with Gasteiger partial charge in [-0.2, -0.15) is 0 Å². The van der Waals surface area contributed by atoms with E-state index in [1.54, 1.807) is 6.26 Å². The summed E-state index contributed by atoms with van der Waals surface area (Å²) < 4.78 is 5.44. The van der Waals surface area contributed by atoms with Gasteiger partial charge < -0.3 is 9.73 Å². The molecule has 0 aliphatic heterocycles. The highest BCUT2D eigenvalue weighted by Gasteiger charge is 2.06. The fourth-order valence-corrected chi connectivity index (χ4v) is 2.03. The van der Waals surface area contributed by atoms with Gasteiger partial charge in [0.25, 0.3) is 0 Å². The smallest absolute Gasteiger partial charge is 0.125 e. The van der Waals surface area contributed by atoms with E-state index in [-0.39, 0.29) is 0 Å². The molecule has 0 atom stereocenters. The minimum Gasteiger partial charge on any atom is -0.467 e. The molecule has 0 radical (unpaired) electrons. The molecule has 0 bridgehead atoms. The van der Waals surface area contributed by atoms with Gasteiger partial charge in [0.05, 0.1) is 12.8 Å². The Morgan fingerprint density at radius 3 is 2.59 bits per heavy atom. The second-order valence-electron chi connectivity index (χ2n) is 4.34. The number of furan rings is 1. The first-order chi connectivity index (χ1) is 8.22. The number of aryl methyl sites for hydroxylation is 3. The summed E-state index contributed by atoms with van der Waals surface area (Å²) in [5, 5.41) is 3.48. The van der Waals surface area contributed by atoms with Crippen molar-refractivity contribution >= 4 is 5.69 Å². The predicted molar refractivity (Wildman–Crippen MR) is 71.3 cm³/mol. The normalized spacial score (nSPS) is 10.5. The van der Waals surface area contributed by atoms with Gasteiger partial charge >= 0.3 is 0 Å². The van der Waals surface area contributed by atoms with E-state index in [0.29, 0.717) is 0 Å². The number of nitrogens with one attached hydrogen (secondary N) is 1. The monoisotopic (exact) mass is 229 g/mol. The molecule has 0 spiro atoms. The lowest BCUT2D eigenvalue weighted by Crippen LogP contribution is -2.04. The van der Waals surface area contributed by atoms with E-state index >= 15 is 0 Å². The minimum atomic E-state index is 0.747. The molecule has 0 amide bonds. The zero-order valence-corrected chi connectivity index (χ0v) is 10.7. The molecule has 0 unspecified atom stereocenters. The van der Waals surface area contributed by atoms with E-state index in [4.69, 9.17) is 4.42 Å². The lowest BCUT2D eigenvalue weighted by molar-refractivity contribution is 0.515. The fourth-order valence-electron chi connectivity index (χ4n) is 2.03. The van der Waals surface area contributed by atoms with E-state index in [9.17, 15) is 0 Å². The molecule has 1 N–H and O–H groups in total. The first kappa shape index (κ1) is 11.8. The summed E-state index contributed by atoms with van der Waals surface area (Å²) in [5.41, 5.74) is 5.08. The van der Waals surface area contributed by atoms with E-state index in [1.807, 2.05) is 6.07 Å². The molecule has 1 aromatic heterocycles. The SMILES string of the molecule is CCc1cccc(C)c1NCc1occc1C. The van der Waals surface area contributed by atoms with Gasteiger partial charge in [-0.05, 0) is 43.0 Å². The summed E-state index contributed by atoms with van der Waals surface area (Å²) in [6.07, 6.45) is 2.78. The van der Waals surface area contributed by atoms with Crippen LogP contribution < -0.4 is 5.32 Å².